The molecule has 204 valence electrons. The number of hydrogen-bond donors (Lipinski definition) is 0. The molecule has 1 saturated carbocycles. The van der Waals surface area contributed by atoms with Crippen molar-refractivity contribution in [1.29, 1.82) is 0 Å². The maximum absolute atomic E-state index is 13.2. The highest BCUT2D eigenvalue weighted by atomic mass is 19.4. The third-order valence-electron chi connectivity index (χ3n) is 6.94. The van der Waals surface area contributed by atoms with Crippen molar-refractivity contribution in [3.8, 4) is 5.75 Å². The van der Waals surface area contributed by atoms with Gasteiger partial charge in [0, 0.05) is 12.8 Å². The van der Waals surface area contributed by atoms with Crippen molar-refractivity contribution in [3.63, 3.8) is 0 Å². The summed E-state index contributed by atoms with van der Waals surface area (Å²) in [5.41, 5.74) is -0.711. The van der Waals surface area contributed by atoms with Crippen LogP contribution in [0.5, 0.6) is 5.75 Å². The van der Waals surface area contributed by atoms with Gasteiger partial charge in [-0.1, -0.05) is 70.8 Å². The maximum Gasteiger partial charge on any atom is 0.416 e. The number of rotatable bonds is 16. The van der Waals surface area contributed by atoms with E-state index in [2.05, 4.69) is 6.92 Å². The molecule has 6 heteroatoms. The van der Waals surface area contributed by atoms with Crippen molar-refractivity contribution >= 4 is 5.97 Å². The summed E-state index contributed by atoms with van der Waals surface area (Å²) in [6, 6.07) is 5.08. The van der Waals surface area contributed by atoms with Gasteiger partial charge in [-0.3, -0.25) is 4.79 Å². The molecule has 0 amide bonds. The van der Waals surface area contributed by atoms with Gasteiger partial charge in [0.2, 0.25) is 0 Å². The highest BCUT2D eigenvalue weighted by Crippen LogP contribution is 2.40. The van der Waals surface area contributed by atoms with Gasteiger partial charge in [0.15, 0.2) is 0 Å². The van der Waals surface area contributed by atoms with Gasteiger partial charge in [0.25, 0.3) is 0 Å². The minimum Gasteiger partial charge on any atom is -0.463 e. The average molecular weight is 511 g/mol. The first kappa shape index (κ1) is 30.2. The molecule has 0 unspecified atom stereocenters. The van der Waals surface area contributed by atoms with Crippen molar-refractivity contribution in [2.24, 2.45) is 11.8 Å². The van der Waals surface area contributed by atoms with E-state index in [1.54, 1.807) is 6.07 Å². The Balaban J connectivity index is 2.00. The Bertz CT molecular complexity index is 801. The second kappa shape index (κ2) is 16.0. The lowest BCUT2D eigenvalue weighted by molar-refractivity contribution is -0.147. The largest absolute Gasteiger partial charge is 0.463 e. The molecule has 0 N–H and O–H groups in total. The Morgan fingerprint density at radius 3 is 2.50 bits per heavy atom. The topological polar surface area (TPSA) is 35.5 Å². The van der Waals surface area contributed by atoms with E-state index < -0.39 is 11.7 Å². The predicted molar refractivity (Wildman–Crippen MR) is 139 cm³/mol. The van der Waals surface area contributed by atoms with Crippen molar-refractivity contribution < 1.29 is 27.4 Å². The summed E-state index contributed by atoms with van der Waals surface area (Å²) in [4.78, 5) is 11.8. The van der Waals surface area contributed by atoms with Gasteiger partial charge in [-0.25, -0.2) is 0 Å². The number of benzene rings is 1. The van der Waals surface area contributed by atoms with Crippen LogP contribution in [0.2, 0.25) is 0 Å². The zero-order chi connectivity index (χ0) is 26.4. The second-order valence-corrected chi connectivity index (χ2v) is 10.4. The molecule has 0 bridgehead atoms. The number of allylic oxidation sites excluding steroid dienone is 2. The van der Waals surface area contributed by atoms with Gasteiger partial charge in [-0.05, 0) is 69.2 Å². The summed E-state index contributed by atoms with van der Waals surface area (Å²) < 4.78 is 50.8. The summed E-state index contributed by atoms with van der Waals surface area (Å²) in [5, 5.41) is 0. The molecule has 1 aliphatic rings. The van der Waals surface area contributed by atoms with Crippen LogP contribution in [0.3, 0.4) is 0 Å². The van der Waals surface area contributed by atoms with Crippen LogP contribution < -0.4 is 4.74 Å². The van der Waals surface area contributed by atoms with Gasteiger partial charge in [0.1, 0.15) is 11.5 Å². The molecule has 3 nitrogen and oxygen atoms in total. The number of esters is 1. The number of halogens is 3. The molecule has 36 heavy (non-hydrogen) atoms. The molecule has 0 heterocycles. The molecule has 1 aliphatic carbocycles. The summed E-state index contributed by atoms with van der Waals surface area (Å²) >= 11 is 0. The molecule has 0 radical (unpaired) electrons. The monoisotopic (exact) mass is 510 g/mol. The van der Waals surface area contributed by atoms with Crippen molar-refractivity contribution in [1.82, 2.24) is 0 Å². The third-order valence-corrected chi connectivity index (χ3v) is 6.94. The van der Waals surface area contributed by atoms with E-state index in [1.165, 1.54) is 63.9 Å². The molecule has 2 rings (SSSR count). The van der Waals surface area contributed by atoms with Crippen LogP contribution >= 0.6 is 0 Å². The van der Waals surface area contributed by atoms with E-state index in [0.29, 0.717) is 36.9 Å². The smallest absolute Gasteiger partial charge is 0.416 e. The van der Waals surface area contributed by atoms with Gasteiger partial charge in [-0.15, -0.1) is 0 Å². The first-order valence-corrected chi connectivity index (χ1v) is 13.9. The molecular weight excluding hydrogens is 465 g/mol. The Kier molecular flexibility index (Phi) is 13.4. The normalized spacial score (nSPS) is 18.6. The van der Waals surface area contributed by atoms with Crippen molar-refractivity contribution in [2.75, 3.05) is 0 Å². The Morgan fingerprint density at radius 2 is 1.78 bits per heavy atom. The average Bonchev–Trinajstić information content (AvgIpc) is 3.25. The summed E-state index contributed by atoms with van der Waals surface area (Å²) in [6.07, 6.45) is 12.2. The minimum atomic E-state index is -4.41. The van der Waals surface area contributed by atoms with E-state index in [1.807, 2.05) is 19.9 Å². The van der Waals surface area contributed by atoms with Gasteiger partial charge in [-0.2, -0.15) is 13.2 Å². The molecular formula is C30H45F3O3. The van der Waals surface area contributed by atoms with E-state index in [9.17, 15) is 18.0 Å². The first-order chi connectivity index (χ1) is 17.2. The zero-order valence-electron chi connectivity index (χ0n) is 22.4. The molecule has 0 aliphatic heterocycles. The lowest BCUT2D eigenvalue weighted by atomic mass is 9.87. The summed E-state index contributed by atoms with van der Waals surface area (Å²) in [5.74, 6) is 1.83. The Morgan fingerprint density at radius 1 is 1.06 bits per heavy atom. The van der Waals surface area contributed by atoms with Crippen molar-refractivity contribution in [2.45, 2.75) is 123 Å². The quantitative estimate of drug-likeness (QED) is 0.126. The van der Waals surface area contributed by atoms with Gasteiger partial charge < -0.3 is 9.47 Å². The van der Waals surface area contributed by atoms with Crippen LogP contribution in [0, 0.1) is 11.8 Å². The predicted octanol–water partition coefficient (Wildman–Crippen LogP) is 9.65. The van der Waals surface area contributed by atoms with Crippen LogP contribution in [0.1, 0.15) is 116 Å². The van der Waals surface area contributed by atoms with Crippen LogP contribution in [0.4, 0.5) is 13.2 Å². The number of ether oxygens (including phenoxy) is 2. The zero-order valence-corrected chi connectivity index (χ0v) is 22.4. The minimum absolute atomic E-state index is 0.140. The molecule has 0 spiro atoms. The Labute approximate surface area is 215 Å². The fourth-order valence-corrected chi connectivity index (χ4v) is 5.09. The fourth-order valence-electron chi connectivity index (χ4n) is 5.09. The fraction of sp³-hybridized carbons (Fsp3) is 0.700. The third kappa shape index (κ3) is 11.8. The summed E-state index contributed by atoms with van der Waals surface area (Å²) in [6.45, 7) is 5.87. The number of unbranched alkanes of at least 4 members (excludes halogenated alkanes) is 6. The molecule has 0 aromatic heterocycles. The lowest BCUT2D eigenvalue weighted by Crippen LogP contribution is -2.12. The molecule has 2 atom stereocenters. The maximum atomic E-state index is 13.2. The van der Waals surface area contributed by atoms with Crippen LogP contribution in [-0.4, -0.2) is 12.1 Å². The number of carbonyl (C=O) groups is 1. The molecule has 1 fully saturated rings. The first-order valence-electron chi connectivity index (χ1n) is 13.9. The van der Waals surface area contributed by atoms with Crippen molar-refractivity contribution in [3.05, 3.63) is 41.7 Å². The van der Waals surface area contributed by atoms with E-state index >= 15 is 0 Å². The molecule has 1 aromatic rings. The van der Waals surface area contributed by atoms with Gasteiger partial charge >= 0.3 is 12.1 Å². The van der Waals surface area contributed by atoms with E-state index in [4.69, 9.17) is 9.47 Å². The lowest BCUT2D eigenvalue weighted by Gasteiger charge is -2.22. The number of carbonyl (C=O) groups excluding carboxylic acids is 1. The summed E-state index contributed by atoms with van der Waals surface area (Å²) in [7, 11) is 0. The van der Waals surface area contributed by atoms with E-state index in [0.717, 1.165) is 25.0 Å². The van der Waals surface area contributed by atoms with Crippen LogP contribution in [-0.2, 0) is 15.7 Å². The standard InChI is InChI=1S/C30H45F3O3/c1-4-5-6-7-8-9-14-24-15-12-16-25(24)21-27(18-10-11-20-29(34)35-23(2)3)36-28-19-13-17-26(22-28)30(31,32)33/h13,17-19,22-25H,4-12,14-16,20-21H2,1-3H3/t24-,25+/m0/s1. The van der Waals surface area contributed by atoms with E-state index in [-0.39, 0.29) is 17.8 Å². The highest BCUT2D eigenvalue weighted by molar-refractivity contribution is 5.69. The SMILES string of the molecule is CCCCCCCC[C@H]1CCC[C@@H]1CC(=CCCCC(=O)OC(C)C)Oc1cccc(C(F)(F)F)c1. The number of alkyl halides is 3. The molecule has 0 saturated heterocycles. The van der Waals surface area contributed by atoms with Crippen LogP contribution in [0.15, 0.2) is 36.1 Å². The number of hydrogen-bond acceptors (Lipinski definition) is 3. The second-order valence-electron chi connectivity index (χ2n) is 10.4. The van der Waals surface area contributed by atoms with Gasteiger partial charge in [0.05, 0.1) is 11.7 Å². The van der Waals surface area contributed by atoms with Crippen LogP contribution in [0.25, 0.3) is 0 Å². The Hall–Kier alpha value is -1.98. The highest BCUT2D eigenvalue weighted by Gasteiger charge is 2.31. The molecule has 1 aromatic carbocycles.